The standard InChI is InChI=1S/C14H13N5O2/c15-13(20)10-7-17-19(8-10)6-5-18-9-16-12-4-2-1-3-11(12)14(18)21/h1-4,7-9H,5-6H2,(H2,15,20). The zero-order valence-electron chi connectivity index (χ0n) is 11.1. The Morgan fingerprint density at radius 1 is 1.24 bits per heavy atom. The van der Waals surface area contributed by atoms with Crippen LogP contribution in [0.2, 0.25) is 0 Å². The van der Waals surface area contributed by atoms with Crippen LogP contribution in [0.25, 0.3) is 10.9 Å². The molecule has 7 heteroatoms. The van der Waals surface area contributed by atoms with Gasteiger partial charge < -0.3 is 5.73 Å². The van der Waals surface area contributed by atoms with Gasteiger partial charge in [-0.2, -0.15) is 5.10 Å². The predicted molar refractivity (Wildman–Crippen MR) is 76.7 cm³/mol. The van der Waals surface area contributed by atoms with E-state index < -0.39 is 5.91 Å². The van der Waals surface area contributed by atoms with Crippen molar-refractivity contribution >= 4 is 16.8 Å². The van der Waals surface area contributed by atoms with Crippen molar-refractivity contribution in [2.75, 3.05) is 0 Å². The normalized spacial score (nSPS) is 10.9. The number of benzene rings is 1. The molecule has 0 atom stereocenters. The Kier molecular flexibility index (Phi) is 3.23. The van der Waals surface area contributed by atoms with Crippen molar-refractivity contribution in [2.24, 2.45) is 5.73 Å². The molecule has 3 rings (SSSR count). The molecule has 0 aliphatic carbocycles. The first-order valence-corrected chi connectivity index (χ1v) is 6.41. The quantitative estimate of drug-likeness (QED) is 0.749. The summed E-state index contributed by atoms with van der Waals surface area (Å²) in [5.74, 6) is -0.522. The van der Waals surface area contributed by atoms with Crippen molar-refractivity contribution in [3.8, 4) is 0 Å². The van der Waals surface area contributed by atoms with Crippen LogP contribution in [-0.2, 0) is 13.1 Å². The zero-order valence-corrected chi connectivity index (χ0v) is 11.1. The van der Waals surface area contributed by atoms with Crippen molar-refractivity contribution in [1.82, 2.24) is 19.3 Å². The van der Waals surface area contributed by atoms with Gasteiger partial charge in [0.25, 0.3) is 11.5 Å². The Bertz CT molecular complexity index is 865. The summed E-state index contributed by atoms with van der Waals surface area (Å²) in [4.78, 5) is 27.5. The van der Waals surface area contributed by atoms with E-state index in [0.717, 1.165) is 0 Å². The Morgan fingerprint density at radius 3 is 2.81 bits per heavy atom. The first kappa shape index (κ1) is 13.0. The predicted octanol–water partition coefficient (Wildman–Crippen LogP) is 0.392. The molecule has 106 valence electrons. The van der Waals surface area contributed by atoms with Gasteiger partial charge in [0.2, 0.25) is 0 Å². The smallest absolute Gasteiger partial charge is 0.261 e. The molecular weight excluding hydrogens is 270 g/mol. The summed E-state index contributed by atoms with van der Waals surface area (Å²) < 4.78 is 3.09. The van der Waals surface area contributed by atoms with Gasteiger partial charge in [0, 0.05) is 12.7 Å². The molecule has 3 aromatic rings. The molecular formula is C14H13N5O2. The molecule has 1 amide bonds. The Balaban J connectivity index is 1.83. The number of aryl methyl sites for hydroxylation is 2. The number of hydrogen-bond acceptors (Lipinski definition) is 4. The molecule has 2 N–H and O–H groups in total. The second-order valence-electron chi connectivity index (χ2n) is 4.62. The molecule has 0 saturated carbocycles. The maximum atomic E-state index is 12.3. The number of fused-ring (bicyclic) bond motifs is 1. The molecule has 2 aromatic heterocycles. The van der Waals surface area contributed by atoms with E-state index >= 15 is 0 Å². The van der Waals surface area contributed by atoms with Gasteiger partial charge in [0.1, 0.15) is 0 Å². The average Bonchev–Trinajstić information content (AvgIpc) is 2.96. The molecule has 0 spiro atoms. The molecule has 0 aliphatic rings. The fourth-order valence-corrected chi connectivity index (χ4v) is 2.09. The number of nitrogens with two attached hydrogens (primary N) is 1. The lowest BCUT2D eigenvalue weighted by Crippen LogP contribution is -2.23. The zero-order chi connectivity index (χ0) is 14.8. The van der Waals surface area contributed by atoms with Crippen LogP contribution in [0, 0.1) is 0 Å². The van der Waals surface area contributed by atoms with Gasteiger partial charge in [-0.3, -0.25) is 18.8 Å². The van der Waals surface area contributed by atoms with Gasteiger partial charge in [-0.15, -0.1) is 0 Å². The molecule has 0 bridgehead atoms. The minimum atomic E-state index is -0.522. The largest absolute Gasteiger partial charge is 0.366 e. The average molecular weight is 283 g/mol. The van der Waals surface area contributed by atoms with Crippen LogP contribution in [0.4, 0.5) is 0 Å². The molecule has 21 heavy (non-hydrogen) atoms. The minimum absolute atomic E-state index is 0.0946. The third kappa shape index (κ3) is 2.53. The minimum Gasteiger partial charge on any atom is -0.366 e. The Morgan fingerprint density at radius 2 is 2.05 bits per heavy atom. The summed E-state index contributed by atoms with van der Waals surface area (Å²) in [5.41, 5.74) is 6.09. The highest BCUT2D eigenvalue weighted by Gasteiger charge is 2.06. The van der Waals surface area contributed by atoms with E-state index in [9.17, 15) is 9.59 Å². The topological polar surface area (TPSA) is 95.8 Å². The Labute approximate surface area is 119 Å². The summed E-state index contributed by atoms with van der Waals surface area (Å²) >= 11 is 0. The number of aromatic nitrogens is 4. The van der Waals surface area contributed by atoms with E-state index in [1.165, 1.54) is 17.1 Å². The third-order valence-corrected chi connectivity index (χ3v) is 3.22. The van der Waals surface area contributed by atoms with Crippen LogP contribution in [-0.4, -0.2) is 25.2 Å². The maximum Gasteiger partial charge on any atom is 0.261 e. The van der Waals surface area contributed by atoms with Gasteiger partial charge in [0.15, 0.2) is 0 Å². The number of amides is 1. The van der Waals surface area contributed by atoms with E-state index in [0.29, 0.717) is 29.6 Å². The lowest BCUT2D eigenvalue weighted by atomic mass is 10.2. The highest BCUT2D eigenvalue weighted by atomic mass is 16.1. The lowest BCUT2D eigenvalue weighted by Gasteiger charge is -2.06. The number of rotatable bonds is 4. The molecule has 2 heterocycles. The number of nitrogens with zero attached hydrogens (tertiary/aromatic N) is 4. The molecule has 1 aromatic carbocycles. The first-order chi connectivity index (χ1) is 10.1. The van der Waals surface area contributed by atoms with Crippen LogP contribution in [0.1, 0.15) is 10.4 Å². The fourth-order valence-electron chi connectivity index (χ4n) is 2.09. The first-order valence-electron chi connectivity index (χ1n) is 6.41. The van der Waals surface area contributed by atoms with E-state index in [2.05, 4.69) is 10.1 Å². The number of para-hydroxylation sites is 1. The molecule has 7 nitrogen and oxygen atoms in total. The van der Waals surface area contributed by atoms with Crippen LogP contribution in [0.3, 0.4) is 0 Å². The van der Waals surface area contributed by atoms with Crippen LogP contribution in [0.5, 0.6) is 0 Å². The van der Waals surface area contributed by atoms with Crippen LogP contribution >= 0.6 is 0 Å². The van der Waals surface area contributed by atoms with Gasteiger partial charge in [0.05, 0.1) is 35.5 Å². The Hall–Kier alpha value is -2.96. The summed E-state index contributed by atoms with van der Waals surface area (Å²) in [7, 11) is 0. The number of hydrogen-bond donors (Lipinski definition) is 1. The van der Waals surface area contributed by atoms with E-state index in [-0.39, 0.29) is 5.56 Å². The fraction of sp³-hybridized carbons (Fsp3) is 0.143. The van der Waals surface area contributed by atoms with Crippen molar-refractivity contribution in [3.05, 3.63) is 58.9 Å². The molecule has 0 aliphatic heterocycles. The van der Waals surface area contributed by atoms with Gasteiger partial charge in [-0.25, -0.2) is 4.98 Å². The van der Waals surface area contributed by atoms with E-state index in [4.69, 9.17) is 5.73 Å². The van der Waals surface area contributed by atoms with Crippen LogP contribution < -0.4 is 11.3 Å². The summed E-state index contributed by atoms with van der Waals surface area (Å²) in [6.45, 7) is 0.865. The summed E-state index contributed by atoms with van der Waals surface area (Å²) in [6.07, 6.45) is 4.48. The van der Waals surface area contributed by atoms with Crippen molar-refractivity contribution in [2.45, 2.75) is 13.1 Å². The van der Waals surface area contributed by atoms with Gasteiger partial charge in [-0.05, 0) is 12.1 Å². The second kappa shape index (κ2) is 5.20. The molecule has 0 unspecified atom stereocenters. The second-order valence-corrected chi connectivity index (χ2v) is 4.62. The van der Waals surface area contributed by atoms with Crippen molar-refractivity contribution in [1.29, 1.82) is 0 Å². The number of carbonyl (C=O) groups is 1. The van der Waals surface area contributed by atoms with Crippen molar-refractivity contribution in [3.63, 3.8) is 0 Å². The monoisotopic (exact) mass is 283 g/mol. The molecule has 0 fully saturated rings. The van der Waals surface area contributed by atoms with E-state index in [1.807, 2.05) is 12.1 Å². The lowest BCUT2D eigenvalue weighted by molar-refractivity contribution is 0.1000. The maximum absolute atomic E-state index is 12.3. The van der Waals surface area contributed by atoms with Gasteiger partial charge in [-0.1, -0.05) is 12.1 Å². The van der Waals surface area contributed by atoms with Gasteiger partial charge >= 0.3 is 0 Å². The summed E-state index contributed by atoms with van der Waals surface area (Å²) in [5, 5.41) is 4.61. The SMILES string of the molecule is NC(=O)c1cnn(CCn2cnc3ccccc3c2=O)c1. The highest BCUT2D eigenvalue weighted by molar-refractivity contribution is 5.92. The molecule has 0 saturated heterocycles. The molecule has 0 radical (unpaired) electrons. The third-order valence-electron chi connectivity index (χ3n) is 3.22. The van der Waals surface area contributed by atoms with Crippen LogP contribution in [0.15, 0.2) is 47.8 Å². The summed E-state index contributed by atoms with van der Waals surface area (Å²) in [6, 6.07) is 7.20. The number of primary amides is 1. The highest BCUT2D eigenvalue weighted by Crippen LogP contribution is 2.04. The van der Waals surface area contributed by atoms with E-state index in [1.54, 1.807) is 23.0 Å². The van der Waals surface area contributed by atoms with Crippen molar-refractivity contribution < 1.29 is 4.79 Å². The number of carbonyl (C=O) groups excluding carboxylic acids is 1.